The molecule has 0 aliphatic heterocycles. The summed E-state index contributed by atoms with van der Waals surface area (Å²) in [6.45, 7) is 3.46. The summed E-state index contributed by atoms with van der Waals surface area (Å²) in [6, 6.07) is 11.3. The third-order valence-electron chi connectivity index (χ3n) is 3.03. The second kappa shape index (κ2) is 4.97. The Labute approximate surface area is 111 Å². The lowest BCUT2D eigenvalue weighted by atomic mass is 10.1. The Morgan fingerprint density at radius 2 is 1.84 bits per heavy atom. The maximum Gasteiger partial charge on any atom is 0.295 e. The molecule has 2 aromatic rings. The summed E-state index contributed by atoms with van der Waals surface area (Å²) >= 11 is 0. The number of benzene rings is 2. The molecule has 0 aromatic heterocycles. The van der Waals surface area contributed by atoms with Gasteiger partial charge in [-0.15, -0.1) is 0 Å². The van der Waals surface area contributed by atoms with Crippen molar-refractivity contribution >= 4 is 22.7 Å². The largest absolute Gasteiger partial charge is 0.393 e. The number of rotatable bonds is 3. The van der Waals surface area contributed by atoms with E-state index in [0.717, 1.165) is 11.4 Å². The molecule has 0 heterocycles. The highest BCUT2D eigenvalue weighted by molar-refractivity contribution is 5.78. The van der Waals surface area contributed by atoms with E-state index in [1.54, 1.807) is 19.9 Å². The Morgan fingerprint density at radius 3 is 2.42 bits per heavy atom. The van der Waals surface area contributed by atoms with Gasteiger partial charge >= 0.3 is 0 Å². The molecule has 0 radical (unpaired) electrons. The molecule has 2 rings (SSSR count). The summed E-state index contributed by atoms with van der Waals surface area (Å²) in [5, 5.41) is 14.2. The average Bonchev–Trinajstić information content (AvgIpc) is 2.36. The topological polar surface area (TPSA) is 81.2 Å². The Hall–Kier alpha value is -2.56. The average molecular weight is 257 g/mol. The Bertz CT molecular complexity index is 624. The van der Waals surface area contributed by atoms with Crippen LogP contribution in [0.25, 0.3) is 0 Å². The van der Waals surface area contributed by atoms with Crippen LogP contribution in [-0.2, 0) is 0 Å². The maximum absolute atomic E-state index is 11.0. The second-order valence-corrected chi connectivity index (χ2v) is 4.38. The standard InChI is InChI=1S/C14H15N3O2/c1-9-8-12(16-11-6-4-3-5-7-11)10(2)13(15)14(9)17(18)19/h3-8,16H,15H2,1-2H3. The van der Waals surface area contributed by atoms with Gasteiger partial charge in [-0.3, -0.25) is 10.1 Å². The van der Waals surface area contributed by atoms with Gasteiger partial charge in [-0.2, -0.15) is 0 Å². The van der Waals surface area contributed by atoms with Gasteiger partial charge in [-0.05, 0) is 32.0 Å². The molecule has 98 valence electrons. The van der Waals surface area contributed by atoms with Crippen molar-refractivity contribution in [2.75, 3.05) is 11.1 Å². The van der Waals surface area contributed by atoms with Crippen molar-refractivity contribution in [2.45, 2.75) is 13.8 Å². The minimum Gasteiger partial charge on any atom is -0.393 e. The van der Waals surface area contributed by atoms with Gasteiger partial charge in [0, 0.05) is 22.5 Å². The molecule has 0 saturated carbocycles. The van der Waals surface area contributed by atoms with Gasteiger partial charge in [-0.1, -0.05) is 18.2 Å². The Kier molecular flexibility index (Phi) is 3.37. The summed E-state index contributed by atoms with van der Waals surface area (Å²) < 4.78 is 0. The first-order valence-corrected chi connectivity index (χ1v) is 5.87. The van der Waals surface area contributed by atoms with E-state index in [2.05, 4.69) is 5.32 Å². The molecule has 0 amide bonds. The fourth-order valence-corrected chi connectivity index (χ4v) is 1.98. The van der Waals surface area contributed by atoms with Crippen LogP contribution in [0.2, 0.25) is 0 Å². The molecule has 0 atom stereocenters. The van der Waals surface area contributed by atoms with Crippen LogP contribution in [-0.4, -0.2) is 4.92 Å². The number of para-hydroxylation sites is 1. The molecule has 0 saturated heterocycles. The number of nitro groups is 1. The summed E-state index contributed by atoms with van der Waals surface area (Å²) in [5.41, 5.74) is 8.98. The van der Waals surface area contributed by atoms with E-state index in [4.69, 9.17) is 5.73 Å². The third-order valence-corrected chi connectivity index (χ3v) is 3.03. The lowest BCUT2D eigenvalue weighted by molar-refractivity contribution is -0.384. The van der Waals surface area contributed by atoms with E-state index < -0.39 is 4.92 Å². The molecule has 0 bridgehead atoms. The van der Waals surface area contributed by atoms with Crippen LogP contribution in [0.3, 0.4) is 0 Å². The van der Waals surface area contributed by atoms with E-state index in [1.165, 1.54) is 0 Å². The van der Waals surface area contributed by atoms with Gasteiger partial charge in [0.25, 0.3) is 5.69 Å². The molecular formula is C14H15N3O2. The third kappa shape index (κ3) is 2.49. The van der Waals surface area contributed by atoms with Crippen LogP contribution in [0.15, 0.2) is 36.4 Å². The summed E-state index contributed by atoms with van der Waals surface area (Å²) in [4.78, 5) is 10.5. The first-order chi connectivity index (χ1) is 9.00. The van der Waals surface area contributed by atoms with Crippen LogP contribution in [0.1, 0.15) is 11.1 Å². The van der Waals surface area contributed by atoms with Crippen molar-refractivity contribution in [1.29, 1.82) is 0 Å². The van der Waals surface area contributed by atoms with Crippen LogP contribution in [0, 0.1) is 24.0 Å². The van der Waals surface area contributed by atoms with E-state index in [1.807, 2.05) is 30.3 Å². The van der Waals surface area contributed by atoms with Crippen molar-refractivity contribution in [3.05, 3.63) is 57.6 Å². The fourth-order valence-electron chi connectivity index (χ4n) is 1.98. The van der Waals surface area contributed by atoms with Gasteiger partial charge in [0.1, 0.15) is 5.69 Å². The minimum atomic E-state index is -0.441. The zero-order valence-corrected chi connectivity index (χ0v) is 10.8. The first kappa shape index (κ1) is 12.9. The normalized spacial score (nSPS) is 10.2. The van der Waals surface area contributed by atoms with Gasteiger partial charge in [-0.25, -0.2) is 0 Å². The van der Waals surface area contributed by atoms with Crippen molar-refractivity contribution in [2.24, 2.45) is 0 Å². The van der Waals surface area contributed by atoms with Crippen molar-refractivity contribution < 1.29 is 4.92 Å². The summed E-state index contributed by atoms with van der Waals surface area (Å²) in [7, 11) is 0. The lowest BCUT2D eigenvalue weighted by Crippen LogP contribution is -2.04. The van der Waals surface area contributed by atoms with E-state index in [9.17, 15) is 10.1 Å². The molecule has 3 N–H and O–H groups in total. The van der Waals surface area contributed by atoms with Crippen LogP contribution >= 0.6 is 0 Å². The number of nitrogens with one attached hydrogen (secondary N) is 1. The number of nitrogens with zero attached hydrogens (tertiary/aromatic N) is 1. The Balaban J connectivity index is 2.46. The molecule has 0 fully saturated rings. The number of hydrogen-bond donors (Lipinski definition) is 2. The number of nitro benzene ring substituents is 1. The molecule has 0 aliphatic carbocycles. The quantitative estimate of drug-likeness (QED) is 0.500. The van der Waals surface area contributed by atoms with E-state index in [0.29, 0.717) is 11.1 Å². The molecule has 19 heavy (non-hydrogen) atoms. The zero-order chi connectivity index (χ0) is 14.0. The SMILES string of the molecule is Cc1cc(Nc2ccccc2)c(C)c(N)c1[N+](=O)[O-]. The maximum atomic E-state index is 11.0. The second-order valence-electron chi connectivity index (χ2n) is 4.38. The summed E-state index contributed by atoms with van der Waals surface area (Å²) in [5.74, 6) is 0. The number of anilines is 3. The highest BCUT2D eigenvalue weighted by Gasteiger charge is 2.19. The molecule has 5 heteroatoms. The highest BCUT2D eigenvalue weighted by atomic mass is 16.6. The van der Waals surface area contributed by atoms with Crippen LogP contribution < -0.4 is 11.1 Å². The van der Waals surface area contributed by atoms with Crippen LogP contribution in [0.5, 0.6) is 0 Å². The number of nitrogens with two attached hydrogens (primary N) is 1. The van der Waals surface area contributed by atoms with Gasteiger partial charge in [0.05, 0.1) is 4.92 Å². The molecule has 5 nitrogen and oxygen atoms in total. The zero-order valence-electron chi connectivity index (χ0n) is 10.8. The molecule has 0 aliphatic rings. The fraction of sp³-hybridized carbons (Fsp3) is 0.143. The van der Waals surface area contributed by atoms with Gasteiger partial charge < -0.3 is 11.1 Å². The van der Waals surface area contributed by atoms with Crippen molar-refractivity contribution in [3.8, 4) is 0 Å². The molecule has 2 aromatic carbocycles. The smallest absolute Gasteiger partial charge is 0.295 e. The number of aryl methyl sites for hydroxylation is 1. The molecule has 0 spiro atoms. The van der Waals surface area contributed by atoms with E-state index >= 15 is 0 Å². The molecule has 0 unspecified atom stereocenters. The first-order valence-electron chi connectivity index (χ1n) is 5.87. The van der Waals surface area contributed by atoms with Gasteiger partial charge in [0.2, 0.25) is 0 Å². The Morgan fingerprint density at radius 1 is 1.21 bits per heavy atom. The molecular weight excluding hydrogens is 242 g/mol. The monoisotopic (exact) mass is 257 g/mol. The van der Waals surface area contributed by atoms with Crippen molar-refractivity contribution in [3.63, 3.8) is 0 Å². The highest BCUT2D eigenvalue weighted by Crippen LogP contribution is 2.35. The predicted octanol–water partition coefficient (Wildman–Crippen LogP) is 3.54. The van der Waals surface area contributed by atoms with E-state index in [-0.39, 0.29) is 11.4 Å². The number of nitrogen functional groups attached to an aromatic ring is 1. The van der Waals surface area contributed by atoms with Crippen LogP contribution in [0.4, 0.5) is 22.7 Å². The summed E-state index contributed by atoms with van der Waals surface area (Å²) in [6.07, 6.45) is 0. The lowest BCUT2D eigenvalue weighted by Gasteiger charge is -2.13. The predicted molar refractivity (Wildman–Crippen MR) is 76.7 cm³/mol. The number of hydrogen-bond acceptors (Lipinski definition) is 4. The minimum absolute atomic E-state index is 0.0175. The van der Waals surface area contributed by atoms with Crippen molar-refractivity contribution in [1.82, 2.24) is 0 Å². The van der Waals surface area contributed by atoms with Gasteiger partial charge in [0.15, 0.2) is 0 Å².